The molecule has 0 amide bonds. The fraction of sp³-hybridized carbons (Fsp3) is 0.941. The lowest BCUT2D eigenvalue weighted by atomic mass is 10.1. The van der Waals surface area contributed by atoms with Crippen LogP contribution in [0, 0.1) is 0 Å². The Morgan fingerprint density at radius 2 is 0.571 bits per heavy atom. The highest BCUT2D eigenvalue weighted by atomic mass is 15.1. The van der Waals surface area contributed by atoms with Crippen LogP contribution in [-0.4, -0.2) is 24.5 Å². The van der Waals surface area contributed by atoms with Gasteiger partial charge in [0.05, 0.1) is 0 Å². The van der Waals surface area contributed by atoms with Crippen molar-refractivity contribution in [2.75, 3.05) is 19.6 Å². The zero-order chi connectivity index (χ0) is 25.5. The van der Waals surface area contributed by atoms with Gasteiger partial charge in [0.15, 0.2) is 0 Å². The van der Waals surface area contributed by atoms with Crippen molar-refractivity contribution in [3.63, 3.8) is 0 Å². The van der Waals surface area contributed by atoms with Crippen LogP contribution in [0.5, 0.6) is 0 Å². The van der Waals surface area contributed by atoms with Gasteiger partial charge in [0, 0.05) is 0 Å². The van der Waals surface area contributed by atoms with E-state index < -0.39 is 0 Å². The summed E-state index contributed by atoms with van der Waals surface area (Å²) in [7, 11) is 0. The summed E-state index contributed by atoms with van der Waals surface area (Å²) >= 11 is 0. The molecule has 0 aliphatic rings. The molecule has 1 nitrogen and oxygen atoms in total. The van der Waals surface area contributed by atoms with E-state index in [0.717, 1.165) is 0 Å². The monoisotopic (exact) mass is 492 g/mol. The smallest absolute Gasteiger partial charge is 0.00187 e. The lowest BCUT2D eigenvalue weighted by molar-refractivity contribution is 0.254. The first-order valence-corrected chi connectivity index (χ1v) is 16.7. The standard InChI is InChI=1S/C34H69N/c1-4-7-10-13-16-17-18-19-20-21-22-23-24-25-28-31-34-35(32-29-26-14-11-8-5-2)33-30-27-15-12-9-6-3/h19-20H,4-18,21-34H2,1-3H3/b20-19-. The number of unbranched alkanes of at least 4 members (excludes halogenated alkanes) is 22. The molecule has 0 aromatic heterocycles. The second-order valence-corrected chi connectivity index (χ2v) is 11.3. The minimum absolute atomic E-state index is 1.31. The molecule has 0 aromatic rings. The average molecular weight is 492 g/mol. The first-order chi connectivity index (χ1) is 17.3. The zero-order valence-electron chi connectivity index (χ0n) is 25.1. The summed E-state index contributed by atoms with van der Waals surface area (Å²) in [6.07, 6.45) is 41.7. The number of rotatable bonds is 30. The average Bonchev–Trinajstić information content (AvgIpc) is 2.87. The highest BCUT2D eigenvalue weighted by Gasteiger charge is 2.05. The molecule has 0 aliphatic heterocycles. The number of hydrogen-bond donors (Lipinski definition) is 0. The Balaban J connectivity index is 3.69. The van der Waals surface area contributed by atoms with E-state index in [1.54, 1.807) is 0 Å². The van der Waals surface area contributed by atoms with Crippen molar-refractivity contribution >= 4 is 0 Å². The lowest BCUT2D eigenvalue weighted by Gasteiger charge is -2.22. The predicted octanol–water partition coefficient (Wildman–Crippen LogP) is 12.0. The molecule has 0 aromatic carbocycles. The van der Waals surface area contributed by atoms with Gasteiger partial charge in [0.2, 0.25) is 0 Å². The van der Waals surface area contributed by atoms with Crippen molar-refractivity contribution in [1.82, 2.24) is 4.90 Å². The van der Waals surface area contributed by atoms with Crippen LogP contribution in [0.15, 0.2) is 12.2 Å². The quantitative estimate of drug-likeness (QED) is 0.0713. The van der Waals surface area contributed by atoms with E-state index in [1.165, 1.54) is 187 Å². The van der Waals surface area contributed by atoms with Crippen LogP contribution in [0.2, 0.25) is 0 Å². The molecule has 0 saturated carbocycles. The van der Waals surface area contributed by atoms with E-state index in [4.69, 9.17) is 0 Å². The van der Waals surface area contributed by atoms with E-state index in [2.05, 4.69) is 37.8 Å². The van der Waals surface area contributed by atoms with E-state index in [1.807, 2.05) is 0 Å². The van der Waals surface area contributed by atoms with Gasteiger partial charge < -0.3 is 4.90 Å². The van der Waals surface area contributed by atoms with Gasteiger partial charge in [-0.05, 0) is 64.6 Å². The highest BCUT2D eigenvalue weighted by Crippen LogP contribution is 2.12. The molecular formula is C34H69N. The van der Waals surface area contributed by atoms with E-state index >= 15 is 0 Å². The Morgan fingerprint density at radius 3 is 0.886 bits per heavy atom. The van der Waals surface area contributed by atoms with Gasteiger partial charge >= 0.3 is 0 Å². The summed E-state index contributed by atoms with van der Waals surface area (Å²) in [5.41, 5.74) is 0. The van der Waals surface area contributed by atoms with Crippen LogP contribution in [-0.2, 0) is 0 Å². The Morgan fingerprint density at radius 1 is 0.314 bits per heavy atom. The summed E-state index contributed by atoms with van der Waals surface area (Å²) in [5.74, 6) is 0. The summed E-state index contributed by atoms with van der Waals surface area (Å²) in [4.78, 5) is 2.81. The second kappa shape index (κ2) is 31.7. The van der Waals surface area contributed by atoms with Crippen molar-refractivity contribution in [2.45, 2.75) is 188 Å². The van der Waals surface area contributed by atoms with Crippen LogP contribution in [0.1, 0.15) is 188 Å². The Kier molecular flexibility index (Phi) is 31.5. The van der Waals surface area contributed by atoms with E-state index in [9.17, 15) is 0 Å². The highest BCUT2D eigenvalue weighted by molar-refractivity contribution is 4.81. The molecule has 0 spiro atoms. The molecule has 0 saturated heterocycles. The molecule has 1 heteroatoms. The Hall–Kier alpha value is -0.300. The molecule has 0 atom stereocenters. The molecule has 0 radical (unpaired) electrons. The van der Waals surface area contributed by atoms with Crippen molar-refractivity contribution in [2.24, 2.45) is 0 Å². The van der Waals surface area contributed by atoms with Crippen LogP contribution in [0.4, 0.5) is 0 Å². The maximum Gasteiger partial charge on any atom is -0.00187 e. The maximum atomic E-state index is 2.81. The Labute approximate surface area is 224 Å². The molecular weight excluding hydrogens is 422 g/mol. The van der Waals surface area contributed by atoms with Crippen molar-refractivity contribution in [3.8, 4) is 0 Å². The third-order valence-corrected chi connectivity index (χ3v) is 7.64. The minimum atomic E-state index is 1.31. The van der Waals surface area contributed by atoms with Gasteiger partial charge in [-0.25, -0.2) is 0 Å². The molecule has 0 unspecified atom stereocenters. The van der Waals surface area contributed by atoms with Crippen LogP contribution >= 0.6 is 0 Å². The third-order valence-electron chi connectivity index (χ3n) is 7.64. The van der Waals surface area contributed by atoms with Crippen molar-refractivity contribution in [1.29, 1.82) is 0 Å². The first-order valence-electron chi connectivity index (χ1n) is 16.7. The maximum absolute atomic E-state index is 2.81. The number of hydrogen-bond acceptors (Lipinski definition) is 1. The van der Waals surface area contributed by atoms with Gasteiger partial charge in [0.1, 0.15) is 0 Å². The summed E-state index contributed by atoms with van der Waals surface area (Å²) in [6.45, 7) is 11.0. The number of allylic oxidation sites excluding steroid dienone is 2. The summed E-state index contributed by atoms with van der Waals surface area (Å²) < 4.78 is 0. The van der Waals surface area contributed by atoms with E-state index in [-0.39, 0.29) is 0 Å². The zero-order valence-corrected chi connectivity index (χ0v) is 25.1. The lowest BCUT2D eigenvalue weighted by Crippen LogP contribution is -2.27. The molecule has 0 fully saturated rings. The normalized spacial score (nSPS) is 11.9. The third kappa shape index (κ3) is 29.8. The predicted molar refractivity (Wildman–Crippen MR) is 163 cm³/mol. The second-order valence-electron chi connectivity index (χ2n) is 11.3. The Bertz CT molecular complexity index is 372. The fourth-order valence-electron chi connectivity index (χ4n) is 5.15. The van der Waals surface area contributed by atoms with Gasteiger partial charge in [-0.3, -0.25) is 0 Å². The van der Waals surface area contributed by atoms with Crippen LogP contribution in [0.25, 0.3) is 0 Å². The fourth-order valence-corrected chi connectivity index (χ4v) is 5.15. The van der Waals surface area contributed by atoms with Crippen molar-refractivity contribution < 1.29 is 0 Å². The molecule has 0 rings (SSSR count). The minimum Gasteiger partial charge on any atom is -0.303 e. The van der Waals surface area contributed by atoms with Gasteiger partial charge in [0.25, 0.3) is 0 Å². The van der Waals surface area contributed by atoms with E-state index in [0.29, 0.717) is 0 Å². The molecule has 0 heterocycles. The molecule has 35 heavy (non-hydrogen) atoms. The molecule has 0 N–H and O–H groups in total. The molecule has 0 bridgehead atoms. The first kappa shape index (κ1) is 34.7. The van der Waals surface area contributed by atoms with Gasteiger partial charge in [-0.2, -0.15) is 0 Å². The molecule has 0 aliphatic carbocycles. The van der Waals surface area contributed by atoms with Crippen LogP contribution < -0.4 is 0 Å². The molecule has 210 valence electrons. The largest absolute Gasteiger partial charge is 0.303 e. The van der Waals surface area contributed by atoms with Gasteiger partial charge in [-0.1, -0.05) is 155 Å². The van der Waals surface area contributed by atoms with Gasteiger partial charge in [-0.15, -0.1) is 0 Å². The van der Waals surface area contributed by atoms with Crippen LogP contribution in [0.3, 0.4) is 0 Å². The number of nitrogens with zero attached hydrogens (tertiary/aromatic N) is 1. The van der Waals surface area contributed by atoms with Crippen molar-refractivity contribution in [3.05, 3.63) is 12.2 Å². The summed E-state index contributed by atoms with van der Waals surface area (Å²) in [6, 6.07) is 0. The SMILES string of the molecule is CCCCCCCC/C=C\CCCCCCCCN(CCCCCCCC)CCCCCCCC. The summed E-state index contributed by atoms with van der Waals surface area (Å²) in [5, 5.41) is 0. The topological polar surface area (TPSA) is 3.24 Å².